The third kappa shape index (κ3) is 3.25. The minimum atomic E-state index is -0.548. The Labute approximate surface area is 166 Å². The van der Waals surface area contributed by atoms with E-state index in [1.807, 2.05) is 37.3 Å². The monoisotopic (exact) mass is 389 g/mol. The van der Waals surface area contributed by atoms with Crippen molar-refractivity contribution in [2.24, 2.45) is 5.73 Å². The number of nitrogens with two attached hydrogens (primary N) is 1. The van der Waals surface area contributed by atoms with Crippen LogP contribution in [0, 0.1) is 0 Å². The normalized spacial score (nSPS) is 11.1. The first kappa shape index (κ1) is 18.4. The van der Waals surface area contributed by atoms with Gasteiger partial charge in [-0.2, -0.15) is 0 Å². The summed E-state index contributed by atoms with van der Waals surface area (Å²) in [5.41, 5.74) is 7.93. The number of aryl methyl sites for hydroxylation is 1. The van der Waals surface area contributed by atoms with E-state index < -0.39 is 5.91 Å². The number of primary amides is 1. The minimum Gasteiger partial charge on any atom is -0.508 e. The Morgan fingerprint density at radius 1 is 1.10 bits per heavy atom. The predicted molar refractivity (Wildman–Crippen MR) is 108 cm³/mol. The van der Waals surface area contributed by atoms with Crippen LogP contribution in [0.15, 0.2) is 48.7 Å². The summed E-state index contributed by atoms with van der Waals surface area (Å²) in [7, 11) is 0. The van der Waals surface area contributed by atoms with Crippen molar-refractivity contribution in [1.29, 1.82) is 0 Å². The van der Waals surface area contributed by atoms with Crippen LogP contribution in [0.5, 0.6) is 11.5 Å². The van der Waals surface area contributed by atoms with Crippen LogP contribution in [0.25, 0.3) is 28.0 Å². The molecular weight excluding hydrogens is 370 g/mol. The summed E-state index contributed by atoms with van der Waals surface area (Å²) >= 11 is 0. The molecule has 4 N–H and O–H groups in total. The van der Waals surface area contributed by atoms with Gasteiger partial charge in [-0.05, 0) is 42.3 Å². The summed E-state index contributed by atoms with van der Waals surface area (Å²) in [5, 5.41) is 29.8. The molecule has 2 aromatic carbocycles. The lowest BCUT2D eigenvalue weighted by molar-refractivity contribution is -0.117. The van der Waals surface area contributed by atoms with Crippen molar-refractivity contribution in [3.8, 4) is 28.6 Å². The van der Waals surface area contributed by atoms with Gasteiger partial charge < -0.3 is 15.9 Å². The number of fused-ring (bicyclic) bond motifs is 1. The van der Waals surface area contributed by atoms with Gasteiger partial charge in [0.05, 0.1) is 23.2 Å². The lowest BCUT2D eigenvalue weighted by Gasteiger charge is -2.14. The molecule has 4 aromatic rings. The average Bonchev–Trinajstić information content (AvgIpc) is 3.10. The topological polar surface area (TPSA) is 127 Å². The molecule has 0 saturated heterocycles. The van der Waals surface area contributed by atoms with Gasteiger partial charge in [-0.25, -0.2) is 0 Å². The van der Waals surface area contributed by atoms with E-state index in [4.69, 9.17) is 5.73 Å². The first-order valence-electron chi connectivity index (χ1n) is 9.11. The van der Waals surface area contributed by atoms with Crippen LogP contribution in [0.3, 0.4) is 0 Å². The molecule has 0 atom stereocenters. The van der Waals surface area contributed by atoms with Crippen LogP contribution >= 0.6 is 0 Å². The highest BCUT2D eigenvalue weighted by atomic mass is 16.3. The lowest BCUT2D eigenvalue weighted by atomic mass is 10.1. The molecule has 8 nitrogen and oxygen atoms in total. The molecule has 0 aliphatic carbocycles. The number of hydrogen-bond donors (Lipinski definition) is 3. The van der Waals surface area contributed by atoms with E-state index in [2.05, 4.69) is 15.2 Å². The van der Waals surface area contributed by atoms with Crippen molar-refractivity contribution in [3.63, 3.8) is 0 Å². The molecule has 146 valence electrons. The van der Waals surface area contributed by atoms with Crippen molar-refractivity contribution in [1.82, 2.24) is 19.7 Å². The second-order valence-corrected chi connectivity index (χ2v) is 6.62. The van der Waals surface area contributed by atoms with Gasteiger partial charge in [0, 0.05) is 17.6 Å². The average molecular weight is 389 g/mol. The lowest BCUT2D eigenvalue weighted by Crippen LogP contribution is -2.17. The molecule has 0 saturated carbocycles. The van der Waals surface area contributed by atoms with Crippen LogP contribution in [-0.2, 0) is 17.6 Å². The number of aromatic hydroxyl groups is 2. The SMILES string of the molecule is CCc1cc(-c2nnc(CC(N)=O)n2-c2cccc3ncccc23)c(O)cc1O. The van der Waals surface area contributed by atoms with Crippen LogP contribution in [-0.4, -0.2) is 35.9 Å². The maximum absolute atomic E-state index is 11.6. The Kier molecular flexibility index (Phi) is 4.59. The molecule has 4 rings (SSSR count). The Balaban J connectivity index is 2.03. The zero-order valence-corrected chi connectivity index (χ0v) is 15.7. The summed E-state index contributed by atoms with van der Waals surface area (Å²) < 4.78 is 1.69. The fourth-order valence-corrected chi connectivity index (χ4v) is 3.38. The van der Waals surface area contributed by atoms with Gasteiger partial charge in [0.15, 0.2) is 5.82 Å². The zero-order chi connectivity index (χ0) is 20.5. The smallest absolute Gasteiger partial charge is 0.225 e. The number of aromatic nitrogens is 4. The van der Waals surface area contributed by atoms with E-state index in [1.165, 1.54) is 6.07 Å². The Hall–Kier alpha value is -3.94. The van der Waals surface area contributed by atoms with E-state index in [-0.39, 0.29) is 17.9 Å². The molecule has 0 spiro atoms. The summed E-state index contributed by atoms with van der Waals surface area (Å²) in [6.45, 7) is 1.90. The molecule has 0 aliphatic rings. The molecule has 1 amide bonds. The number of phenolic OH excluding ortho intramolecular Hbond substituents is 2. The Morgan fingerprint density at radius 3 is 2.69 bits per heavy atom. The van der Waals surface area contributed by atoms with Gasteiger partial charge >= 0.3 is 0 Å². The fourth-order valence-electron chi connectivity index (χ4n) is 3.38. The Morgan fingerprint density at radius 2 is 1.93 bits per heavy atom. The maximum Gasteiger partial charge on any atom is 0.225 e. The van der Waals surface area contributed by atoms with Gasteiger partial charge in [0.25, 0.3) is 0 Å². The van der Waals surface area contributed by atoms with E-state index in [9.17, 15) is 15.0 Å². The number of hydrogen-bond acceptors (Lipinski definition) is 6. The first-order chi connectivity index (χ1) is 14.0. The fraction of sp³-hybridized carbons (Fsp3) is 0.143. The number of benzene rings is 2. The maximum atomic E-state index is 11.6. The third-order valence-corrected chi connectivity index (χ3v) is 4.74. The number of carbonyl (C=O) groups is 1. The predicted octanol–water partition coefficient (Wildman–Crippen LogP) is 2.48. The number of nitrogens with zero attached hydrogens (tertiary/aromatic N) is 4. The van der Waals surface area contributed by atoms with Crippen molar-refractivity contribution < 1.29 is 15.0 Å². The second kappa shape index (κ2) is 7.23. The highest BCUT2D eigenvalue weighted by Gasteiger charge is 2.22. The van der Waals surface area contributed by atoms with Gasteiger partial charge in [0.2, 0.25) is 5.91 Å². The van der Waals surface area contributed by atoms with E-state index in [0.29, 0.717) is 34.9 Å². The van der Waals surface area contributed by atoms with E-state index in [0.717, 1.165) is 10.9 Å². The molecule has 0 fully saturated rings. The summed E-state index contributed by atoms with van der Waals surface area (Å²) in [6, 6.07) is 12.3. The van der Waals surface area contributed by atoms with Gasteiger partial charge in [-0.15, -0.1) is 10.2 Å². The molecule has 0 radical (unpaired) electrons. The van der Waals surface area contributed by atoms with Crippen LogP contribution < -0.4 is 5.73 Å². The quantitative estimate of drug-likeness (QED) is 0.481. The number of pyridine rings is 1. The molecular formula is C21H19N5O3. The standard InChI is InChI=1S/C21H19N5O3/c1-2-12-9-14(18(28)10-17(12)27)21-25-24-20(11-19(22)29)26(21)16-7-3-6-15-13(16)5-4-8-23-15/h3-10,27-28H,2,11H2,1H3,(H2,22,29). The van der Waals surface area contributed by atoms with Crippen molar-refractivity contribution >= 4 is 16.8 Å². The molecule has 29 heavy (non-hydrogen) atoms. The van der Waals surface area contributed by atoms with Gasteiger partial charge in [-0.1, -0.05) is 13.0 Å². The number of phenols is 2. The number of rotatable bonds is 5. The van der Waals surface area contributed by atoms with Crippen molar-refractivity contribution in [2.75, 3.05) is 0 Å². The number of amides is 1. The van der Waals surface area contributed by atoms with Gasteiger partial charge in [0.1, 0.15) is 17.3 Å². The van der Waals surface area contributed by atoms with Crippen LogP contribution in [0.1, 0.15) is 18.3 Å². The van der Waals surface area contributed by atoms with Crippen LogP contribution in [0.2, 0.25) is 0 Å². The minimum absolute atomic E-state index is 0.00605. The number of carbonyl (C=O) groups excluding carboxylic acids is 1. The summed E-state index contributed by atoms with van der Waals surface area (Å²) in [6.07, 6.45) is 2.14. The molecule has 0 aliphatic heterocycles. The molecule has 2 aromatic heterocycles. The summed E-state index contributed by atoms with van der Waals surface area (Å²) in [4.78, 5) is 16.0. The van der Waals surface area contributed by atoms with E-state index >= 15 is 0 Å². The summed E-state index contributed by atoms with van der Waals surface area (Å²) in [5.74, 6) is -0.00390. The highest BCUT2D eigenvalue weighted by Crippen LogP contribution is 2.36. The Bertz CT molecular complexity index is 1230. The van der Waals surface area contributed by atoms with Gasteiger partial charge in [-0.3, -0.25) is 14.3 Å². The van der Waals surface area contributed by atoms with Crippen molar-refractivity contribution in [3.05, 3.63) is 60.0 Å². The highest BCUT2D eigenvalue weighted by molar-refractivity contribution is 5.88. The molecule has 2 heterocycles. The van der Waals surface area contributed by atoms with E-state index in [1.54, 1.807) is 16.8 Å². The first-order valence-corrected chi connectivity index (χ1v) is 9.11. The second-order valence-electron chi connectivity index (χ2n) is 6.62. The molecule has 0 unspecified atom stereocenters. The zero-order valence-electron chi connectivity index (χ0n) is 15.7. The third-order valence-electron chi connectivity index (χ3n) is 4.74. The largest absolute Gasteiger partial charge is 0.508 e. The molecule has 8 heteroatoms. The van der Waals surface area contributed by atoms with Crippen LogP contribution in [0.4, 0.5) is 0 Å². The van der Waals surface area contributed by atoms with Crippen molar-refractivity contribution in [2.45, 2.75) is 19.8 Å². The molecule has 0 bridgehead atoms.